The Morgan fingerprint density at radius 3 is 1.42 bits per heavy atom. The summed E-state index contributed by atoms with van der Waals surface area (Å²) in [5.41, 5.74) is 0. The Hall–Kier alpha value is 0.800. The number of hydrogen-bond donors (Lipinski definition) is 2. The minimum Gasteiger partial charge on any atom is -0.317 e. The first-order chi connectivity index (χ1) is 4.41. The van der Waals surface area contributed by atoms with Gasteiger partial charge in [-0.3, -0.25) is 10.1 Å². The fraction of sp³-hybridized carbons (Fsp3) is 1.00. The van der Waals surface area contributed by atoms with Gasteiger partial charge in [0.05, 0.1) is 0 Å². The quantitative estimate of drug-likeness (QED) is 0.487. The van der Waals surface area contributed by atoms with E-state index in [9.17, 15) is 0 Å². The fourth-order valence-corrected chi connectivity index (χ4v) is 0.802. The molecule has 1 saturated heterocycles. The lowest BCUT2D eigenvalue weighted by Gasteiger charge is -2.08. The van der Waals surface area contributed by atoms with Crippen molar-refractivity contribution in [2.45, 2.75) is 19.3 Å². The molecule has 0 radical (unpaired) electrons. The Bertz CT molecular complexity index is 62.2. The van der Waals surface area contributed by atoms with Gasteiger partial charge in [-0.2, -0.15) is 0 Å². The van der Waals surface area contributed by atoms with E-state index >= 15 is 0 Å². The van der Waals surface area contributed by atoms with Crippen LogP contribution in [0.2, 0.25) is 0 Å². The first kappa shape index (κ1) is 23.0. The Kier molecular flexibility index (Phi) is 43.4. The molecule has 0 aromatic carbocycles. The van der Waals surface area contributed by atoms with Gasteiger partial charge in [0, 0.05) is 5.34 Å². The van der Waals surface area contributed by atoms with Gasteiger partial charge in [0.2, 0.25) is 0 Å². The first-order valence-electron chi connectivity index (χ1n) is 3.12. The Morgan fingerprint density at radius 2 is 1.33 bits per heavy atom. The van der Waals surface area contributed by atoms with E-state index in [-0.39, 0.29) is 56.3 Å². The van der Waals surface area contributed by atoms with Crippen LogP contribution in [0.25, 0.3) is 0 Å². The summed E-state index contributed by atoms with van der Waals surface area (Å²) in [7, 11) is 0. The highest BCUT2D eigenvalue weighted by Crippen LogP contribution is 1.96. The molecule has 1 rings (SSSR count). The molecule has 4 nitrogen and oxygen atoms in total. The van der Waals surface area contributed by atoms with Crippen LogP contribution in [0.3, 0.4) is 0 Å². The van der Waals surface area contributed by atoms with Crippen molar-refractivity contribution in [3.63, 3.8) is 0 Å². The third kappa shape index (κ3) is 22.4. The zero-order chi connectivity index (χ0) is 6.95. The summed E-state index contributed by atoms with van der Waals surface area (Å²) in [5.74, 6) is 0. The Labute approximate surface area is 104 Å². The smallest absolute Gasteiger partial charge is 0.00366 e. The highest BCUT2D eigenvalue weighted by molar-refractivity contribution is 8.93. The van der Waals surface area contributed by atoms with Crippen molar-refractivity contribution in [2.24, 2.45) is 0 Å². The number of nitrogens with one attached hydrogen (secondary N) is 2. The highest BCUT2D eigenvalue weighted by Gasteiger charge is 1.93. The van der Waals surface area contributed by atoms with Gasteiger partial charge in [0.25, 0.3) is 0 Å². The van der Waals surface area contributed by atoms with Gasteiger partial charge in [0.15, 0.2) is 0 Å². The zero-order valence-corrected chi connectivity index (χ0v) is 11.7. The average molecular weight is 375 g/mol. The van der Waals surface area contributed by atoms with Crippen LogP contribution in [0, 0.1) is 10.1 Å². The van der Waals surface area contributed by atoms with E-state index in [4.69, 9.17) is 10.1 Å². The lowest BCUT2D eigenvalue weighted by Crippen LogP contribution is -2.53. The third-order valence-electron chi connectivity index (χ3n) is 1.21. The van der Waals surface area contributed by atoms with Crippen molar-refractivity contribution in [1.29, 1.82) is 0 Å². The molecule has 0 unspecified atom stereocenters. The molecule has 0 aromatic rings. The Balaban J connectivity index is -0.0000000489. The molecule has 78 valence electrons. The van der Waals surface area contributed by atoms with Crippen molar-refractivity contribution in [3.8, 4) is 0 Å². The summed E-state index contributed by atoms with van der Waals surface area (Å²) in [6, 6.07) is 0. The maximum absolute atomic E-state index is 8.12. The largest absolute Gasteiger partial charge is 0.317 e. The molecule has 2 N–H and O–H groups in total. The average Bonchev–Trinajstić information content (AvgIpc) is 1.93. The van der Waals surface area contributed by atoms with Crippen LogP contribution in [-0.2, 0) is 0 Å². The van der Waals surface area contributed by atoms with Crippen LogP contribution >= 0.6 is 50.9 Å². The standard InChI is InChI=1S/C5H11N.3BrH.HNO2/c1-2-4-6-5-3-1;;;;2-1-3/h6H,1-5H2;3*1H;1H. The molecule has 1 aliphatic rings. The molecule has 0 atom stereocenters. The van der Waals surface area contributed by atoms with Gasteiger partial charge in [-0.15, -0.1) is 50.9 Å². The highest BCUT2D eigenvalue weighted by atomic mass is 79.9. The van der Waals surface area contributed by atoms with E-state index < -0.39 is 0 Å². The topological polar surface area (TPSA) is 66.1 Å². The lowest BCUT2D eigenvalue weighted by molar-refractivity contribution is -0.398. The lowest BCUT2D eigenvalue weighted by atomic mass is 10.2. The van der Waals surface area contributed by atoms with E-state index in [2.05, 4.69) is 5.32 Å². The summed E-state index contributed by atoms with van der Waals surface area (Å²) in [6.07, 6.45) is 4.22. The van der Waals surface area contributed by atoms with E-state index in [0.29, 0.717) is 0 Å². The molecular weight excluding hydrogens is 360 g/mol. The van der Waals surface area contributed by atoms with Crippen molar-refractivity contribution in [2.75, 3.05) is 13.1 Å². The van der Waals surface area contributed by atoms with Crippen molar-refractivity contribution < 1.29 is 5.34 Å². The van der Waals surface area contributed by atoms with E-state index in [1.807, 2.05) is 0 Å². The van der Waals surface area contributed by atoms with Crippen molar-refractivity contribution >= 4 is 50.9 Å². The maximum Gasteiger partial charge on any atom is 0.00366 e. The summed E-state index contributed by atoms with van der Waals surface area (Å²) < 4.78 is 0. The summed E-state index contributed by atoms with van der Waals surface area (Å²) in [4.78, 5) is 8.12. The van der Waals surface area contributed by atoms with Crippen LogP contribution in [0.15, 0.2) is 0 Å². The molecule has 12 heavy (non-hydrogen) atoms. The van der Waals surface area contributed by atoms with Gasteiger partial charge in [0.1, 0.15) is 0 Å². The van der Waals surface area contributed by atoms with Crippen LogP contribution in [0.5, 0.6) is 0 Å². The SMILES string of the molecule is Br.Br.Br.C1CCNCC1.O=[NH+][O-]. The van der Waals surface area contributed by atoms with Gasteiger partial charge in [-0.1, -0.05) is 6.42 Å². The molecule has 1 heterocycles. The predicted molar refractivity (Wildman–Crippen MR) is 65.4 cm³/mol. The van der Waals surface area contributed by atoms with Crippen LogP contribution in [0.4, 0.5) is 0 Å². The molecule has 0 amide bonds. The van der Waals surface area contributed by atoms with Crippen LogP contribution < -0.4 is 10.7 Å². The maximum atomic E-state index is 8.12. The number of halogens is 3. The summed E-state index contributed by atoms with van der Waals surface area (Å²) in [6.45, 7) is 2.50. The molecular formula is C5H15Br3N2O2. The molecule has 0 bridgehead atoms. The third-order valence-corrected chi connectivity index (χ3v) is 1.21. The minimum atomic E-state index is 0. The molecule has 0 aromatic heterocycles. The summed E-state index contributed by atoms with van der Waals surface area (Å²) >= 11 is 0. The van der Waals surface area contributed by atoms with Gasteiger partial charge in [-0.05, 0) is 25.9 Å². The molecule has 1 aliphatic heterocycles. The van der Waals surface area contributed by atoms with Gasteiger partial charge < -0.3 is 5.32 Å². The first-order valence-corrected chi connectivity index (χ1v) is 3.12. The molecule has 0 aliphatic carbocycles. The Morgan fingerprint density at radius 1 is 1.00 bits per heavy atom. The van der Waals surface area contributed by atoms with Crippen LogP contribution in [0.1, 0.15) is 19.3 Å². The fourth-order valence-electron chi connectivity index (χ4n) is 0.802. The van der Waals surface area contributed by atoms with Crippen molar-refractivity contribution in [3.05, 3.63) is 10.1 Å². The second-order valence-corrected chi connectivity index (χ2v) is 1.89. The second-order valence-electron chi connectivity index (χ2n) is 1.89. The van der Waals surface area contributed by atoms with E-state index in [1.54, 1.807) is 0 Å². The normalized spacial score (nSPS) is 13.0. The molecule has 7 heteroatoms. The van der Waals surface area contributed by atoms with Crippen LogP contribution in [-0.4, -0.2) is 13.1 Å². The monoisotopic (exact) mass is 372 g/mol. The zero-order valence-electron chi connectivity index (χ0n) is 6.58. The van der Waals surface area contributed by atoms with Gasteiger partial charge >= 0.3 is 0 Å². The van der Waals surface area contributed by atoms with E-state index in [0.717, 1.165) is 0 Å². The number of rotatable bonds is 0. The number of piperidine rings is 1. The molecule has 1 fully saturated rings. The molecule has 0 saturated carbocycles. The second kappa shape index (κ2) is 22.6. The molecule has 0 spiro atoms. The summed E-state index contributed by atoms with van der Waals surface area (Å²) in [5, 5.41) is 11.7. The number of hydrogen-bond acceptors (Lipinski definition) is 3. The van der Waals surface area contributed by atoms with Crippen molar-refractivity contribution in [1.82, 2.24) is 5.32 Å². The predicted octanol–water partition coefficient (Wildman–Crippen LogP) is 0.825. The van der Waals surface area contributed by atoms with Gasteiger partial charge in [-0.25, -0.2) is 0 Å². The van der Waals surface area contributed by atoms with E-state index in [1.165, 1.54) is 32.4 Å². The minimum absolute atomic E-state index is 0.